The van der Waals surface area contributed by atoms with Crippen LogP contribution in [0.15, 0.2) is 24.3 Å². The highest BCUT2D eigenvalue weighted by Gasteiger charge is 2.33. The second-order valence-electron chi connectivity index (χ2n) is 5.02. The van der Waals surface area contributed by atoms with Crippen molar-refractivity contribution in [2.75, 3.05) is 0 Å². The van der Waals surface area contributed by atoms with Crippen molar-refractivity contribution < 1.29 is 9.72 Å². The van der Waals surface area contributed by atoms with Crippen LogP contribution in [-0.4, -0.2) is 16.4 Å². The van der Waals surface area contributed by atoms with Crippen LogP contribution in [0.4, 0.5) is 5.69 Å². The molecule has 0 bridgehead atoms. The molecule has 1 fully saturated rings. The minimum Gasteiger partial charge on any atom is -0.334 e. The molecule has 0 heterocycles. The number of carbonyl (C=O) groups excluding carboxylic acids is 1. The molecule has 0 aliphatic heterocycles. The van der Waals surface area contributed by atoms with Crippen molar-refractivity contribution in [3.63, 3.8) is 0 Å². The van der Waals surface area contributed by atoms with Gasteiger partial charge in [0.15, 0.2) is 0 Å². The molecule has 1 saturated carbocycles. The van der Waals surface area contributed by atoms with Gasteiger partial charge in [0.25, 0.3) is 11.6 Å². The minimum atomic E-state index is -0.833. The van der Waals surface area contributed by atoms with E-state index >= 15 is 0 Å². The highest BCUT2D eigenvalue weighted by Crippen LogP contribution is 2.28. The van der Waals surface area contributed by atoms with Crippen LogP contribution in [0, 0.1) is 21.4 Å². The highest BCUT2D eigenvalue weighted by atomic mass is 16.6. The second kappa shape index (κ2) is 5.70. The van der Waals surface area contributed by atoms with E-state index in [9.17, 15) is 20.2 Å². The zero-order valence-electron chi connectivity index (χ0n) is 11.0. The number of benzene rings is 1. The third-order valence-corrected chi connectivity index (χ3v) is 3.59. The summed E-state index contributed by atoms with van der Waals surface area (Å²) in [5.41, 5.74) is -0.758. The standard InChI is InChI=1S/C14H15N3O3/c15-10-14(7-2-1-3-8-14)16-13(18)11-5-4-6-12(9-11)17(19)20/h4-6,9H,1-3,7-8H2,(H,16,18). The summed E-state index contributed by atoms with van der Waals surface area (Å²) in [6.07, 6.45) is 4.13. The highest BCUT2D eigenvalue weighted by molar-refractivity contribution is 5.95. The maximum absolute atomic E-state index is 12.2. The van der Waals surface area contributed by atoms with E-state index in [1.165, 1.54) is 24.3 Å². The van der Waals surface area contributed by atoms with Crippen LogP contribution in [0.2, 0.25) is 0 Å². The number of nitro benzene ring substituents is 1. The molecule has 0 unspecified atom stereocenters. The van der Waals surface area contributed by atoms with Crippen molar-refractivity contribution in [1.29, 1.82) is 5.26 Å². The van der Waals surface area contributed by atoms with E-state index in [2.05, 4.69) is 11.4 Å². The second-order valence-corrected chi connectivity index (χ2v) is 5.02. The number of amides is 1. The van der Waals surface area contributed by atoms with Gasteiger partial charge in [0, 0.05) is 17.7 Å². The Morgan fingerprint density at radius 1 is 1.35 bits per heavy atom. The Morgan fingerprint density at radius 2 is 2.05 bits per heavy atom. The lowest BCUT2D eigenvalue weighted by Crippen LogP contribution is -2.48. The normalized spacial score (nSPS) is 16.9. The molecule has 6 heteroatoms. The first-order chi connectivity index (χ1) is 9.56. The van der Waals surface area contributed by atoms with Gasteiger partial charge in [0.2, 0.25) is 0 Å². The Balaban J connectivity index is 2.17. The zero-order chi connectivity index (χ0) is 14.6. The van der Waals surface area contributed by atoms with Crippen molar-refractivity contribution >= 4 is 11.6 Å². The largest absolute Gasteiger partial charge is 0.334 e. The van der Waals surface area contributed by atoms with Gasteiger partial charge in [-0.15, -0.1) is 0 Å². The van der Waals surface area contributed by atoms with E-state index in [-0.39, 0.29) is 11.3 Å². The first-order valence-corrected chi connectivity index (χ1v) is 6.54. The number of nitrogens with one attached hydrogen (secondary N) is 1. The van der Waals surface area contributed by atoms with E-state index < -0.39 is 16.4 Å². The molecule has 6 nitrogen and oxygen atoms in total. The third-order valence-electron chi connectivity index (χ3n) is 3.59. The topological polar surface area (TPSA) is 96.0 Å². The SMILES string of the molecule is N#CC1(NC(=O)c2cccc([N+](=O)[O-])c2)CCCCC1. The first kappa shape index (κ1) is 14.0. The van der Waals surface area contributed by atoms with Crippen molar-refractivity contribution in [2.24, 2.45) is 0 Å². The number of hydrogen-bond acceptors (Lipinski definition) is 4. The van der Waals surface area contributed by atoms with E-state index in [1.54, 1.807) is 0 Å². The van der Waals surface area contributed by atoms with Gasteiger partial charge in [-0.1, -0.05) is 25.3 Å². The molecule has 0 atom stereocenters. The average molecular weight is 273 g/mol. The Hall–Kier alpha value is -2.42. The summed E-state index contributed by atoms with van der Waals surface area (Å²) in [7, 11) is 0. The predicted molar refractivity (Wildman–Crippen MR) is 72.0 cm³/mol. The van der Waals surface area contributed by atoms with E-state index in [4.69, 9.17) is 0 Å². The molecule has 1 aromatic carbocycles. The van der Waals surface area contributed by atoms with Gasteiger partial charge < -0.3 is 5.32 Å². The number of nitrogens with zero attached hydrogens (tertiary/aromatic N) is 2. The number of non-ortho nitro benzene ring substituents is 1. The lowest BCUT2D eigenvalue weighted by atomic mass is 9.82. The summed E-state index contributed by atoms with van der Waals surface area (Å²) in [6.45, 7) is 0. The summed E-state index contributed by atoms with van der Waals surface area (Å²) < 4.78 is 0. The summed E-state index contributed by atoms with van der Waals surface area (Å²) in [5, 5.41) is 22.8. The van der Waals surface area contributed by atoms with Crippen molar-refractivity contribution in [1.82, 2.24) is 5.32 Å². The van der Waals surface area contributed by atoms with E-state index in [1.807, 2.05) is 0 Å². The number of rotatable bonds is 3. The van der Waals surface area contributed by atoms with Crippen LogP contribution in [0.5, 0.6) is 0 Å². The summed E-state index contributed by atoms with van der Waals surface area (Å²) in [4.78, 5) is 22.3. The van der Waals surface area contributed by atoms with Crippen molar-refractivity contribution in [2.45, 2.75) is 37.6 Å². The molecular weight excluding hydrogens is 258 g/mol. The van der Waals surface area contributed by atoms with Crippen molar-refractivity contribution in [3.8, 4) is 6.07 Å². The Bertz CT molecular complexity index is 571. The van der Waals surface area contributed by atoms with Crippen LogP contribution in [-0.2, 0) is 0 Å². The summed E-state index contributed by atoms with van der Waals surface area (Å²) in [6, 6.07) is 7.72. The van der Waals surface area contributed by atoms with E-state index in [0.717, 1.165) is 19.3 Å². The molecule has 1 aromatic rings. The van der Waals surface area contributed by atoms with Gasteiger partial charge in [-0.2, -0.15) is 5.26 Å². The number of nitriles is 1. The maximum atomic E-state index is 12.2. The molecular formula is C14H15N3O3. The Kier molecular flexibility index (Phi) is 3.99. The lowest BCUT2D eigenvalue weighted by molar-refractivity contribution is -0.384. The lowest BCUT2D eigenvalue weighted by Gasteiger charge is -2.31. The molecule has 0 aromatic heterocycles. The first-order valence-electron chi connectivity index (χ1n) is 6.54. The predicted octanol–water partition coefficient (Wildman–Crippen LogP) is 2.55. The van der Waals surface area contributed by atoms with E-state index in [0.29, 0.717) is 12.8 Å². The Morgan fingerprint density at radius 3 is 2.65 bits per heavy atom. The summed E-state index contributed by atoms with van der Waals surface area (Å²) in [5.74, 6) is -0.433. The van der Waals surface area contributed by atoms with Gasteiger partial charge in [0.1, 0.15) is 5.54 Å². The molecule has 1 amide bonds. The Labute approximate surface area is 116 Å². The number of nitro groups is 1. The molecule has 20 heavy (non-hydrogen) atoms. The molecule has 1 aliphatic rings. The van der Waals surface area contributed by atoms with Crippen LogP contribution in [0.3, 0.4) is 0 Å². The van der Waals surface area contributed by atoms with Crippen LogP contribution in [0.1, 0.15) is 42.5 Å². The summed E-state index contributed by atoms with van der Waals surface area (Å²) >= 11 is 0. The molecule has 0 radical (unpaired) electrons. The molecule has 0 saturated heterocycles. The quantitative estimate of drug-likeness (QED) is 0.676. The molecule has 104 valence electrons. The fourth-order valence-corrected chi connectivity index (χ4v) is 2.47. The van der Waals surface area contributed by atoms with Gasteiger partial charge in [-0.05, 0) is 18.9 Å². The number of hydrogen-bond donors (Lipinski definition) is 1. The van der Waals surface area contributed by atoms with Gasteiger partial charge >= 0.3 is 0 Å². The molecule has 1 N–H and O–H groups in total. The fraction of sp³-hybridized carbons (Fsp3) is 0.429. The molecule has 0 spiro atoms. The smallest absolute Gasteiger partial charge is 0.270 e. The van der Waals surface area contributed by atoms with Crippen molar-refractivity contribution in [3.05, 3.63) is 39.9 Å². The number of carbonyl (C=O) groups is 1. The maximum Gasteiger partial charge on any atom is 0.270 e. The fourth-order valence-electron chi connectivity index (χ4n) is 2.47. The monoisotopic (exact) mass is 273 g/mol. The van der Waals surface area contributed by atoms with Gasteiger partial charge in [-0.25, -0.2) is 0 Å². The molecule has 1 aliphatic carbocycles. The minimum absolute atomic E-state index is 0.132. The van der Waals surface area contributed by atoms with Crippen LogP contribution >= 0.6 is 0 Å². The molecule has 2 rings (SSSR count). The average Bonchev–Trinajstić information content (AvgIpc) is 2.48. The van der Waals surface area contributed by atoms with Gasteiger partial charge in [0.05, 0.1) is 11.0 Å². The van der Waals surface area contributed by atoms with Crippen LogP contribution in [0.25, 0.3) is 0 Å². The zero-order valence-corrected chi connectivity index (χ0v) is 11.0. The third kappa shape index (κ3) is 2.94. The van der Waals surface area contributed by atoms with Crippen LogP contribution < -0.4 is 5.32 Å². The van der Waals surface area contributed by atoms with Gasteiger partial charge in [-0.3, -0.25) is 14.9 Å².